The smallest absolute Gasteiger partial charge is 0.251 e. The van der Waals surface area contributed by atoms with Crippen LogP contribution in [0.4, 0.5) is 0 Å². The van der Waals surface area contributed by atoms with Gasteiger partial charge < -0.3 is 5.32 Å². The predicted molar refractivity (Wildman–Crippen MR) is 101 cm³/mol. The highest BCUT2D eigenvalue weighted by Gasteiger charge is 2.16. The Morgan fingerprint density at radius 3 is 2.88 bits per heavy atom. The van der Waals surface area contributed by atoms with Crippen molar-refractivity contribution in [3.8, 4) is 11.4 Å². The minimum atomic E-state index is -0.104. The van der Waals surface area contributed by atoms with Gasteiger partial charge in [-0.3, -0.25) is 9.48 Å². The molecular formula is C19H21N5OS. The molecule has 1 aromatic carbocycles. The Hall–Kier alpha value is -2.54. The Bertz CT molecular complexity index is 916. The van der Waals surface area contributed by atoms with Crippen molar-refractivity contribution in [3.05, 3.63) is 51.2 Å². The van der Waals surface area contributed by atoms with Crippen LogP contribution in [0.15, 0.2) is 24.3 Å². The SMILES string of the molecule is Cc1nc(-c2cccc(C(=O)NCc3nc4c(s3)CCCC4)c2)nn1C. The molecular weight excluding hydrogens is 346 g/mol. The molecule has 1 aliphatic rings. The average molecular weight is 367 g/mol. The van der Waals surface area contributed by atoms with Crippen LogP contribution in [0.5, 0.6) is 0 Å². The molecule has 3 aromatic rings. The van der Waals surface area contributed by atoms with Gasteiger partial charge in [0, 0.05) is 23.1 Å². The maximum atomic E-state index is 12.5. The summed E-state index contributed by atoms with van der Waals surface area (Å²) in [7, 11) is 1.86. The third-order valence-electron chi connectivity index (χ3n) is 4.65. The number of aryl methyl sites for hydroxylation is 4. The van der Waals surface area contributed by atoms with Gasteiger partial charge in [-0.05, 0) is 44.7 Å². The summed E-state index contributed by atoms with van der Waals surface area (Å²) >= 11 is 1.73. The summed E-state index contributed by atoms with van der Waals surface area (Å²) in [6.07, 6.45) is 4.66. The number of nitrogens with zero attached hydrogens (tertiary/aromatic N) is 4. The Morgan fingerprint density at radius 1 is 1.27 bits per heavy atom. The molecule has 4 rings (SSSR count). The summed E-state index contributed by atoms with van der Waals surface area (Å²) in [4.78, 5) is 23.0. The number of rotatable bonds is 4. The molecule has 1 N–H and O–H groups in total. The molecule has 0 spiro atoms. The van der Waals surface area contributed by atoms with Crippen LogP contribution in [0.2, 0.25) is 0 Å². The van der Waals surface area contributed by atoms with Gasteiger partial charge in [-0.1, -0.05) is 12.1 Å². The highest BCUT2D eigenvalue weighted by Crippen LogP contribution is 2.26. The van der Waals surface area contributed by atoms with Crippen LogP contribution in [0.1, 0.15) is 44.6 Å². The molecule has 1 aliphatic carbocycles. The predicted octanol–water partition coefficient (Wildman–Crippen LogP) is 3.06. The minimum Gasteiger partial charge on any atom is -0.346 e. The molecule has 0 atom stereocenters. The number of fused-ring (bicyclic) bond motifs is 1. The fourth-order valence-corrected chi connectivity index (χ4v) is 4.22. The van der Waals surface area contributed by atoms with E-state index in [0.29, 0.717) is 17.9 Å². The first-order valence-electron chi connectivity index (χ1n) is 8.84. The number of aromatic nitrogens is 4. The van der Waals surface area contributed by atoms with Crippen molar-refractivity contribution in [2.45, 2.75) is 39.2 Å². The molecule has 6 nitrogen and oxygen atoms in total. The van der Waals surface area contributed by atoms with Crippen LogP contribution in [-0.2, 0) is 26.4 Å². The largest absolute Gasteiger partial charge is 0.346 e. The van der Waals surface area contributed by atoms with Gasteiger partial charge in [0.1, 0.15) is 10.8 Å². The summed E-state index contributed by atoms with van der Waals surface area (Å²) in [6.45, 7) is 2.38. The molecule has 0 radical (unpaired) electrons. The molecule has 1 amide bonds. The van der Waals surface area contributed by atoms with Crippen molar-refractivity contribution in [2.75, 3.05) is 0 Å². The molecule has 26 heavy (non-hydrogen) atoms. The van der Waals surface area contributed by atoms with Gasteiger partial charge in [-0.2, -0.15) is 5.10 Å². The van der Waals surface area contributed by atoms with E-state index in [4.69, 9.17) is 0 Å². The third-order valence-corrected chi connectivity index (χ3v) is 5.81. The van der Waals surface area contributed by atoms with E-state index in [1.807, 2.05) is 38.2 Å². The highest BCUT2D eigenvalue weighted by molar-refractivity contribution is 7.11. The zero-order chi connectivity index (χ0) is 18.1. The number of benzene rings is 1. The van der Waals surface area contributed by atoms with E-state index >= 15 is 0 Å². The van der Waals surface area contributed by atoms with Gasteiger partial charge >= 0.3 is 0 Å². The van der Waals surface area contributed by atoms with E-state index in [1.54, 1.807) is 16.0 Å². The van der Waals surface area contributed by atoms with E-state index in [9.17, 15) is 4.79 Å². The van der Waals surface area contributed by atoms with Crippen LogP contribution in [0.25, 0.3) is 11.4 Å². The molecule has 7 heteroatoms. The van der Waals surface area contributed by atoms with Gasteiger partial charge in [0.2, 0.25) is 0 Å². The van der Waals surface area contributed by atoms with Gasteiger partial charge in [-0.25, -0.2) is 9.97 Å². The lowest BCUT2D eigenvalue weighted by atomic mass is 10.0. The molecule has 0 aliphatic heterocycles. The summed E-state index contributed by atoms with van der Waals surface area (Å²) in [5.74, 6) is 1.36. The first-order chi connectivity index (χ1) is 12.6. The zero-order valence-corrected chi connectivity index (χ0v) is 15.8. The van der Waals surface area contributed by atoms with E-state index in [1.165, 1.54) is 23.4 Å². The number of nitrogens with one attached hydrogen (secondary N) is 1. The van der Waals surface area contributed by atoms with Crippen LogP contribution in [-0.4, -0.2) is 25.7 Å². The lowest BCUT2D eigenvalue weighted by Gasteiger charge is -2.06. The van der Waals surface area contributed by atoms with Gasteiger partial charge in [-0.15, -0.1) is 11.3 Å². The van der Waals surface area contributed by atoms with Crippen LogP contribution in [0.3, 0.4) is 0 Å². The van der Waals surface area contributed by atoms with E-state index in [0.717, 1.165) is 29.2 Å². The first-order valence-corrected chi connectivity index (χ1v) is 9.65. The van der Waals surface area contributed by atoms with Crippen molar-refractivity contribution >= 4 is 17.2 Å². The second kappa shape index (κ2) is 6.99. The van der Waals surface area contributed by atoms with E-state index in [-0.39, 0.29) is 5.91 Å². The van der Waals surface area contributed by atoms with E-state index in [2.05, 4.69) is 20.4 Å². The van der Waals surface area contributed by atoms with Gasteiger partial charge in [0.05, 0.1) is 12.2 Å². The minimum absolute atomic E-state index is 0.104. The third kappa shape index (κ3) is 3.39. The summed E-state index contributed by atoms with van der Waals surface area (Å²) in [6, 6.07) is 7.41. The first kappa shape index (κ1) is 16.9. The zero-order valence-electron chi connectivity index (χ0n) is 15.0. The molecule has 0 bridgehead atoms. The van der Waals surface area contributed by atoms with Crippen LogP contribution < -0.4 is 5.32 Å². The van der Waals surface area contributed by atoms with Gasteiger partial charge in [0.25, 0.3) is 5.91 Å². The molecule has 0 unspecified atom stereocenters. The Labute approximate surface area is 156 Å². The summed E-state index contributed by atoms with van der Waals surface area (Å²) in [5, 5.41) is 8.35. The summed E-state index contributed by atoms with van der Waals surface area (Å²) < 4.78 is 1.73. The normalized spacial score (nSPS) is 13.5. The second-order valence-corrected chi connectivity index (χ2v) is 7.72. The fraction of sp³-hybridized carbons (Fsp3) is 0.368. The van der Waals surface area contributed by atoms with Crippen molar-refractivity contribution < 1.29 is 4.79 Å². The second-order valence-electron chi connectivity index (χ2n) is 6.55. The molecule has 0 saturated heterocycles. The number of hydrogen-bond donors (Lipinski definition) is 1. The molecule has 0 saturated carbocycles. The van der Waals surface area contributed by atoms with Crippen LogP contribution >= 0.6 is 11.3 Å². The van der Waals surface area contributed by atoms with Crippen molar-refractivity contribution in [1.29, 1.82) is 0 Å². The topological polar surface area (TPSA) is 72.7 Å². The lowest BCUT2D eigenvalue weighted by Crippen LogP contribution is -2.22. The van der Waals surface area contributed by atoms with Crippen LogP contribution in [0, 0.1) is 6.92 Å². The molecule has 2 heterocycles. The molecule has 134 valence electrons. The highest BCUT2D eigenvalue weighted by atomic mass is 32.1. The number of thiazole rings is 1. The van der Waals surface area contributed by atoms with Crippen molar-refractivity contribution in [2.24, 2.45) is 7.05 Å². The van der Waals surface area contributed by atoms with Crippen molar-refractivity contribution in [1.82, 2.24) is 25.1 Å². The maximum Gasteiger partial charge on any atom is 0.251 e. The Morgan fingerprint density at radius 2 is 2.12 bits per heavy atom. The number of hydrogen-bond acceptors (Lipinski definition) is 5. The van der Waals surface area contributed by atoms with Crippen molar-refractivity contribution in [3.63, 3.8) is 0 Å². The number of amides is 1. The monoisotopic (exact) mass is 367 g/mol. The van der Waals surface area contributed by atoms with E-state index < -0.39 is 0 Å². The molecule has 2 aromatic heterocycles. The summed E-state index contributed by atoms with van der Waals surface area (Å²) in [5.41, 5.74) is 2.67. The Kier molecular flexibility index (Phi) is 4.55. The number of carbonyl (C=O) groups excluding carboxylic acids is 1. The quantitative estimate of drug-likeness (QED) is 0.769. The Balaban J connectivity index is 1.46. The maximum absolute atomic E-state index is 12.5. The fourth-order valence-electron chi connectivity index (χ4n) is 3.12. The molecule has 0 fully saturated rings. The lowest BCUT2D eigenvalue weighted by molar-refractivity contribution is 0.0951. The standard InChI is InChI=1S/C19H21N5OS/c1-12-21-18(23-24(12)2)13-6-5-7-14(10-13)19(25)20-11-17-22-15-8-3-4-9-16(15)26-17/h5-7,10H,3-4,8-9,11H2,1-2H3,(H,20,25). The number of carbonyl (C=O) groups is 1. The van der Waals surface area contributed by atoms with Gasteiger partial charge in [0.15, 0.2) is 5.82 Å². The average Bonchev–Trinajstić information content (AvgIpc) is 3.22.